The normalized spacial score (nSPS) is 28.3. The van der Waals surface area contributed by atoms with Crippen molar-refractivity contribution < 1.29 is 14.3 Å². The summed E-state index contributed by atoms with van der Waals surface area (Å²) in [5.41, 5.74) is 0.705. The molecule has 4 rings (SSSR count). The van der Waals surface area contributed by atoms with E-state index in [1.165, 1.54) is 0 Å². The molecular weight excluding hydrogens is 366 g/mol. The standard InChI is InChI=1S/C23H33N3O3/c1-17(26-14-6-9-21(26)27)22(28)25-15-18-7-4-5-8-20(18)29-23(16-25)12-10-19(11-13-23)24(2)3/h4-5,7-8,17,19H,6,9-16H2,1-3H3/t17-,19?,23?/m0/s1. The lowest BCUT2D eigenvalue weighted by molar-refractivity contribution is -0.145. The van der Waals surface area contributed by atoms with Gasteiger partial charge in [0.25, 0.3) is 0 Å². The fourth-order valence-corrected chi connectivity index (χ4v) is 5.15. The van der Waals surface area contributed by atoms with Crippen molar-refractivity contribution in [2.24, 2.45) is 0 Å². The molecule has 6 nitrogen and oxygen atoms in total. The first-order chi connectivity index (χ1) is 13.9. The van der Waals surface area contributed by atoms with E-state index in [2.05, 4.69) is 19.0 Å². The molecule has 2 heterocycles. The minimum absolute atomic E-state index is 0.0367. The van der Waals surface area contributed by atoms with E-state index in [-0.39, 0.29) is 17.4 Å². The average Bonchev–Trinajstić information content (AvgIpc) is 3.06. The molecule has 3 aliphatic rings. The van der Waals surface area contributed by atoms with Crippen LogP contribution >= 0.6 is 0 Å². The van der Waals surface area contributed by atoms with Crippen molar-refractivity contribution in [3.8, 4) is 5.75 Å². The Bertz CT molecular complexity index is 770. The number of amides is 2. The minimum Gasteiger partial charge on any atom is -0.485 e. The second kappa shape index (κ2) is 7.98. The molecule has 1 aromatic carbocycles. The van der Waals surface area contributed by atoms with Crippen LogP contribution in [0.4, 0.5) is 0 Å². The number of carbonyl (C=O) groups excluding carboxylic acids is 2. The maximum Gasteiger partial charge on any atom is 0.245 e. The highest BCUT2D eigenvalue weighted by molar-refractivity contribution is 5.88. The second-order valence-electron chi connectivity index (χ2n) is 9.15. The quantitative estimate of drug-likeness (QED) is 0.784. The monoisotopic (exact) mass is 399 g/mol. The second-order valence-corrected chi connectivity index (χ2v) is 9.15. The van der Waals surface area contributed by atoms with Crippen LogP contribution in [0.5, 0.6) is 5.75 Å². The van der Waals surface area contributed by atoms with Gasteiger partial charge in [0.15, 0.2) is 0 Å². The molecule has 29 heavy (non-hydrogen) atoms. The smallest absolute Gasteiger partial charge is 0.245 e. The van der Waals surface area contributed by atoms with E-state index in [0.29, 0.717) is 32.1 Å². The molecule has 1 atom stereocenters. The van der Waals surface area contributed by atoms with E-state index in [4.69, 9.17) is 4.74 Å². The van der Waals surface area contributed by atoms with Crippen LogP contribution in [0.2, 0.25) is 0 Å². The largest absolute Gasteiger partial charge is 0.485 e. The highest BCUT2D eigenvalue weighted by Crippen LogP contribution is 2.39. The van der Waals surface area contributed by atoms with Gasteiger partial charge in [-0.15, -0.1) is 0 Å². The Hall–Kier alpha value is -2.08. The van der Waals surface area contributed by atoms with Crippen molar-refractivity contribution in [1.29, 1.82) is 0 Å². The average molecular weight is 400 g/mol. The number of carbonyl (C=O) groups is 2. The zero-order chi connectivity index (χ0) is 20.6. The third kappa shape index (κ3) is 4.00. The van der Waals surface area contributed by atoms with Crippen LogP contribution in [0.15, 0.2) is 24.3 Å². The molecular formula is C23H33N3O3. The number of para-hydroxylation sites is 1. The van der Waals surface area contributed by atoms with Gasteiger partial charge in [0.05, 0.1) is 6.54 Å². The number of likely N-dealkylation sites (tertiary alicyclic amines) is 1. The van der Waals surface area contributed by atoms with Gasteiger partial charge in [-0.25, -0.2) is 0 Å². The van der Waals surface area contributed by atoms with Gasteiger partial charge in [0, 0.05) is 31.1 Å². The Labute approximate surface area is 173 Å². The Morgan fingerprint density at radius 1 is 1.24 bits per heavy atom. The van der Waals surface area contributed by atoms with Crippen LogP contribution < -0.4 is 4.74 Å². The van der Waals surface area contributed by atoms with Crippen molar-refractivity contribution in [3.05, 3.63) is 29.8 Å². The van der Waals surface area contributed by atoms with E-state index in [1.807, 2.05) is 36.1 Å². The molecule has 1 aromatic rings. The van der Waals surface area contributed by atoms with Gasteiger partial charge in [-0.05, 0) is 59.2 Å². The number of rotatable bonds is 3. The first-order valence-corrected chi connectivity index (χ1v) is 10.9. The third-order valence-electron chi connectivity index (χ3n) is 6.98. The number of hydrogen-bond acceptors (Lipinski definition) is 4. The predicted octanol–water partition coefficient (Wildman–Crippen LogP) is 2.66. The molecule has 1 saturated heterocycles. The summed E-state index contributed by atoms with van der Waals surface area (Å²) in [5, 5.41) is 0. The molecule has 0 N–H and O–H groups in total. The van der Waals surface area contributed by atoms with Crippen molar-refractivity contribution in [2.75, 3.05) is 27.2 Å². The van der Waals surface area contributed by atoms with Crippen LogP contribution in [-0.4, -0.2) is 71.4 Å². The lowest BCUT2D eigenvalue weighted by Gasteiger charge is -2.43. The number of fused-ring (bicyclic) bond motifs is 1. The van der Waals surface area contributed by atoms with Crippen LogP contribution in [-0.2, 0) is 16.1 Å². The maximum atomic E-state index is 13.5. The molecule has 2 amide bonds. The molecule has 158 valence electrons. The minimum atomic E-state index is -0.412. The highest BCUT2D eigenvalue weighted by atomic mass is 16.5. The Morgan fingerprint density at radius 3 is 2.62 bits per heavy atom. The van der Waals surface area contributed by atoms with Crippen molar-refractivity contribution in [2.45, 2.75) is 69.7 Å². The molecule has 2 aliphatic heterocycles. The van der Waals surface area contributed by atoms with E-state index in [9.17, 15) is 9.59 Å². The molecule has 6 heteroatoms. The molecule has 1 aliphatic carbocycles. The molecule has 1 saturated carbocycles. The van der Waals surface area contributed by atoms with Gasteiger partial charge in [-0.3, -0.25) is 9.59 Å². The lowest BCUT2D eigenvalue weighted by atomic mass is 9.81. The van der Waals surface area contributed by atoms with Crippen LogP contribution in [0, 0.1) is 0 Å². The van der Waals surface area contributed by atoms with Gasteiger partial charge in [-0.2, -0.15) is 0 Å². The number of ether oxygens (including phenoxy) is 1. The van der Waals surface area contributed by atoms with E-state index in [1.54, 1.807) is 4.90 Å². The van der Waals surface area contributed by atoms with Gasteiger partial charge < -0.3 is 19.4 Å². The van der Waals surface area contributed by atoms with Gasteiger partial charge in [0.1, 0.15) is 17.4 Å². The van der Waals surface area contributed by atoms with Crippen LogP contribution in [0.1, 0.15) is 51.0 Å². The molecule has 0 unspecified atom stereocenters. The summed E-state index contributed by atoms with van der Waals surface area (Å²) in [6.45, 7) is 3.69. The first kappa shape index (κ1) is 20.2. The van der Waals surface area contributed by atoms with Crippen molar-refractivity contribution >= 4 is 11.8 Å². The van der Waals surface area contributed by atoms with E-state index < -0.39 is 6.04 Å². The number of nitrogens with zero attached hydrogens (tertiary/aromatic N) is 3. The summed E-state index contributed by atoms with van der Waals surface area (Å²) >= 11 is 0. The summed E-state index contributed by atoms with van der Waals surface area (Å²) in [4.78, 5) is 31.6. The van der Waals surface area contributed by atoms with Gasteiger partial charge in [0.2, 0.25) is 11.8 Å². The third-order valence-corrected chi connectivity index (χ3v) is 6.98. The Balaban J connectivity index is 1.59. The fraction of sp³-hybridized carbons (Fsp3) is 0.652. The van der Waals surface area contributed by atoms with Gasteiger partial charge in [-0.1, -0.05) is 18.2 Å². The summed E-state index contributed by atoms with van der Waals surface area (Å²) in [7, 11) is 4.27. The summed E-state index contributed by atoms with van der Waals surface area (Å²) in [5.74, 6) is 1.03. The lowest BCUT2D eigenvalue weighted by Crippen LogP contribution is -2.54. The first-order valence-electron chi connectivity index (χ1n) is 10.9. The van der Waals surface area contributed by atoms with Crippen molar-refractivity contribution in [1.82, 2.24) is 14.7 Å². The molecule has 1 spiro atoms. The fourth-order valence-electron chi connectivity index (χ4n) is 5.15. The summed E-state index contributed by atoms with van der Waals surface area (Å²) in [6.07, 6.45) is 5.41. The summed E-state index contributed by atoms with van der Waals surface area (Å²) < 4.78 is 6.63. The van der Waals surface area contributed by atoms with E-state index in [0.717, 1.165) is 43.4 Å². The zero-order valence-electron chi connectivity index (χ0n) is 17.9. The predicted molar refractivity (Wildman–Crippen MR) is 112 cm³/mol. The maximum absolute atomic E-state index is 13.5. The van der Waals surface area contributed by atoms with Crippen LogP contribution in [0.3, 0.4) is 0 Å². The van der Waals surface area contributed by atoms with Crippen LogP contribution in [0.25, 0.3) is 0 Å². The summed E-state index contributed by atoms with van der Waals surface area (Å²) in [6, 6.07) is 8.22. The van der Waals surface area contributed by atoms with Gasteiger partial charge >= 0.3 is 0 Å². The molecule has 0 radical (unpaired) electrons. The SMILES string of the molecule is C[C@@H](C(=O)N1Cc2ccccc2OC2(CCC(N(C)C)CC2)C1)N1CCCC1=O. The number of benzene rings is 1. The van der Waals surface area contributed by atoms with Crippen molar-refractivity contribution in [3.63, 3.8) is 0 Å². The Kier molecular flexibility index (Phi) is 5.56. The molecule has 0 bridgehead atoms. The van der Waals surface area contributed by atoms with E-state index >= 15 is 0 Å². The molecule has 0 aromatic heterocycles. The topological polar surface area (TPSA) is 53.1 Å². The Morgan fingerprint density at radius 2 is 1.97 bits per heavy atom. The highest BCUT2D eigenvalue weighted by Gasteiger charge is 2.44. The zero-order valence-corrected chi connectivity index (χ0v) is 17.9. The molecule has 2 fully saturated rings. The number of hydrogen-bond donors (Lipinski definition) is 0.